The first-order valence-corrected chi connectivity index (χ1v) is 5.87. The van der Waals surface area contributed by atoms with E-state index < -0.39 is 5.97 Å². The molecule has 0 spiro atoms. The highest BCUT2D eigenvalue weighted by Crippen LogP contribution is 2.37. The van der Waals surface area contributed by atoms with Crippen molar-refractivity contribution in [1.82, 2.24) is 5.32 Å². The summed E-state index contributed by atoms with van der Waals surface area (Å²) in [6.07, 6.45) is 3.40. The van der Waals surface area contributed by atoms with E-state index in [1.54, 1.807) is 12.1 Å². The Bertz CT molecular complexity index is 387. The van der Waals surface area contributed by atoms with Gasteiger partial charge in [-0.1, -0.05) is 18.6 Å². The molecule has 0 aliphatic heterocycles. The largest absolute Gasteiger partial charge is 0.480 e. The zero-order chi connectivity index (χ0) is 12.3. The second-order valence-electron chi connectivity index (χ2n) is 4.49. The van der Waals surface area contributed by atoms with Gasteiger partial charge in [-0.15, -0.1) is 0 Å². The van der Waals surface area contributed by atoms with Gasteiger partial charge in [-0.2, -0.15) is 0 Å². The lowest BCUT2D eigenvalue weighted by molar-refractivity contribution is -0.136. The summed E-state index contributed by atoms with van der Waals surface area (Å²) in [7, 11) is 0. The molecule has 1 aromatic carbocycles. The van der Waals surface area contributed by atoms with E-state index in [0.717, 1.165) is 18.4 Å². The summed E-state index contributed by atoms with van der Waals surface area (Å²) in [4.78, 5) is 10.6. The molecule has 0 heterocycles. The summed E-state index contributed by atoms with van der Waals surface area (Å²) in [6, 6.07) is 6.33. The number of aliphatic carboxylic acids is 1. The van der Waals surface area contributed by atoms with E-state index in [1.165, 1.54) is 18.6 Å². The summed E-state index contributed by atoms with van der Waals surface area (Å²) in [5.74, 6) is -0.657. The van der Waals surface area contributed by atoms with Crippen molar-refractivity contribution in [2.24, 2.45) is 5.92 Å². The summed E-state index contributed by atoms with van der Waals surface area (Å²) < 4.78 is 12.8. The molecule has 0 amide bonds. The molecule has 3 nitrogen and oxygen atoms in total. The van der Waals surface area contributed by atoms with E-state index >= 15 is 0 Å². The fourth-order valence-corrected chi connectivity index (χ4v) is 2.20. The van der Waals surface area contributed by atoms with Crippen molar-refractivity contribution in [3.63, 3.8) is 0 Å². The van der Waals surface area contributed by atoms with Gasteiger partial charge in [0.05, 0.1) is 6.54 Å². The van der Waals surface area contributed by atoms with Gasteiger partial charge in [0, 0.05) is 6.04 Å². The Morgan fingerprint density at radius 2 is 2.06 bits per heavy atom. The Morgan fingerprint density at radius 1 is 1.41 bits per heavy atom. The summed E-state index contributed by atoms with van der Waals surface area (Å²) in [5, 5.41) is 11.7. The van der Waals surface area contributed by atoms with Crippen LogP contribution in [0, 0.1) is 11.7 Å². The molecule has 0 bridgehead atoms. The topological polar surface area (TPSA) is 49.3 Å². The van der Waals surface area contributed by atoms with Crippen LogP contribution in [0.5, 0.6) is 0 Å². The van der Waals surface area contributed by atoms with Gasteiger partial charge in [0.25, 0.3) is 0 Å². The van der Waals surface area contributed by atoms with Gasteiger partial charge in [-0.05, 0) is 36.5 Å². The number of benzene rings is 1. The number of hydrogen-bond donors (Lipinski definition) is 2. The van der Waals surface area contributed by atoms with Gasteiger partial charge < -0.3 is 5.11 Å². The minimum Gasteiger partial charge on any atom is -0.480 e. The molecule has 2 N–H and O–H groups in total. The Labute approximate surface area is 99.7 Å². The van der Waals surface area contributed by atoms with Gasteiger partial charge in [0.1, 0.15) is 5.82 Å². The smallest absolute Gasteiger partial charge is 0.317 e. The second kappa shape index (κ2) is 5.27. The quantitative estimate of drug-likeness (QED) is 0.826. The minimum absolute atomic E-state index is 0.0282. The van der Waals surface area contributed by atoms with Gasteiger partial charge >= 0.3 is 5.97 Å². The van der Waals surface area contributed by atoms with Crippen LogP contribution in [0.4, 0.5) is 4.39 Å². The van der Waals surface area contributed by atoms with Crippen LogP contribution < -0.4 is 5.32 Å². The van der Waals surface area contributed by atoms with Crippen molar-refractivity contribution < 1.29 is 14.3 Å². The normalized spacial score (nSPS) is 17.5. The van der Waals surface area contributed by atoms with Gasteiger partial charge in [-0.3, -0.25) is 10.1 Å². The van der Waals surface area contributed by atoms with E-state index in [2.05, 4.69) is 5.32 Å². The predicted octanol–water partition coefficient (Wildman–Crippen LogP) is 2.34. The Hall–Kier alpha value is -1.42. The summed E-state index contributed by atoms with van der Waals surface area (Å²) >= 11 is 0. The highest BCUT2D eigenvalue weighted by molar-refractivity contribution is 5.69. The van der Waals surface area contributed by atoms with Crippen molar-refractivity contribution in [3.8, 4) is 0 Å². The molecule has 1 aromatic rings. The fourth-order valence-electron chi connectivity index (χ4n) is 2.20. The molecular formula is C13H16FNO2. The molecule has 1 aliphatic rings. The Kier molecular flexibility index (Phi) is 3.74. The zero-order valence-corrected chi connectivity index (χ0v) is 9.53. The zero-order valence-electron chi connectivity index (χ0n) is 9.53. The fraction of sp³-hybridized carbons (Fsp3) is 0.462. The van der Waals surface area contributed by atoms with Crippen LogP contribution in [0.25, 0.3) is 0 Å². The molecule has 1 saturated carbocycles. The third-order valence-electron chi connectivity index (χ3n) is 3.32. The molecule has 0 saturated heterocycles. The lowest BCUT2D eigenvalue weighted by Crippen LogP contribution is -2.35. The molecule has 1 aliphatic carbocycles. The van der Waals surface area contributed by atoms with Crippen molar-refractivity contribution in [2.45, 2.75) is 25.3 Å². The molecule has 0 aromatic heterocycles. The molecular weight excluding hydrogens is 221 g/mol. The number of hydrogen-bond acceptors (Lipinski definition) is 2. The molecule has 92 valence electrons. The highest BCUT2D eigenvalue weighted by Gasteiger charge is 2.28. The number of carbonyl (C=O) groups is 1. The van der Waals surface area contributed by atoms with E-state index in [-0.39, 0.29) is 18.4 Å². The molecule has 1 unspecified atom stereocenters. The van der Waals surface area contributed by atoms with E-state index in [4.69, 9.17) is 5.11 Å². The lowest BCUT2D eigenvalue weighted by Gasteiger charge is -2.34. The standard InChI is InChI=1S/C13H16FNO2/c14-11-6-4-10(5-7-11)13(9-2-1-3-9)15-8-12(16)17/h4-7,9,13,15H,1-3,8H2,(H,16,17). The van der Waals surface area contributed by atoms with Crippen LogP contribution in [0.1, 0.15) is 30.9 Å². The average molecular weight is 237 g/mol. The second-order valence-corrected chi connectivity index (χ2v) is 4.49. The maximum Gasteiger partial charge on any atom is 0.317 e. The van der Waals surface area contributed by atoms with E-state index in [1.807, 2.05) is 0 Å². The minimum atomic E-state index is -0.864. The molecule has 1 atom stereocenters. The van der Waals surface area contributed by atoms with Crippen molar-refractivity contribution >= 4 is 5.97 Å². The van der Waals surface area contributed by atoms with Crippen LogP contribution in [0.2, 0.25) is 0 Å². The van der Waals surface area contributed by atoms with Crippen LogP contribution in [0.3, 0.4) is 0 Å². The average Bonchev–Trinajstić information content (AvgIpc) is 2.22. The van der Waals surface area contributed by atoms with Crippen LogP contribution in [-0.4, -0.2) is 17.6 Å². The lowest BCUT2D eigenvalue weighted by atomic mass is 9.77. The number of carboxylic acid groups (broad SMARTS) is 1. The van der Waals surface area contributed by atoms with E-state index in [0.29, 0.717) is 5.92 Å². The third kappa shape index (κ3) is 3.03. The Morgan fingerprint density at radius 3 is 2.53 bits per heavy atom. The van der Waals surface area contributed by atoms with Gasteiger partial charge in [0.15, 0.2) is 0 Å². The first-order chi connectivity index (χ1) is 8.16. The molecule has 17 heavy (non-hydrogen) atoms. The van der Waals surface area contributed by atoms with Gasteiger partial charge in [0.2, 0.25) is 0 Å². The first-order valence-electron chi connectivity index (χ1n) is 5.87. The Balaban J connectivity index is 2.08. The SMILES string of the molecule is O=C(O)CNC(c1ccc(F)cc1)C1CCC1. The number of halogens is 1. The summed E-state index contributed by atoms with van der Waals surface area (Å²) in [6.45, 7) is -0.0570. The van der Waals surface area contributed by atoms with Crippen molar-refractivity contribution in [3.05, 3.63) is 35.6 Å². The molecule has 4 heteroatoms. The number of nitrogens with one attached hydrogen (secondary N) is 1. The summed E-state index contributed by atoms with van der Waals surface area (Å²) in [5.41, 5.74) is 0.970. The van der Waals surface area contributed by atoms with Gasteiger partial charge in [-0.25, -0.2) is 4.39 Å². The number of carboxylic acids is 1. The third-order valence-corrected chi connectivity index (χ3v) is 3.32. The van der Waals surface area contributed by atoms with Crippen molar-refractivity contribution in [1.29, 1.82) is 0 Å². The van der Waals surface area contributed by atoms with Crippen LogP contribution >= 0.6 is 0 Å². The number of rotatable bonds is 5. The van der Waals surface area contributed by atoms with Crippen LogP contribution in [0.15, 0.2) is 24.3 Å². The predicted molar refractivity (Wildman–Crippen MR) is 62.1 cm³/mol. The van der Waals surface area contributed by atoms with Crippen LogP contribution in [-0.2, 0) is 4.79 Å². The monoisotopic (exact) mass is 237 g/mol. The first kappa shape index (κ1) is 12.0. The maximum absolute atomic E-state index is 12.8. The molecule has 0 radical (unpaired) electrons. The van der Waals surface area contributed by atoms with Crippen molar-refractivity contribution in [2.75, 3.05) is 6.54 Å². The maximum atomic E-state index is 12.8. The van der Waals surface area contributed by atoms with E-state index in [9.17, 15) is 9.18 Å². The highest BCUT2D eigenvalue weighted by atomic mass is 19.1. The molecule has 1 fully saturated rings. The molecule has 2 rings (SSSR count).